The first-order valence-corrected chi connectivity index (χ1v) is 7.26. The monoisotopic (exact) mass is 263 g/mol. The number of hydrogen-bond donors (Lipinski definition) is 2. The first-order valence-electron chi connectivity index (χ1n) is 7.26. The summed E-state index contributed by atoms with van der Waals surface area (Å²) in [6, 6.07) is 4.56. The van der Waals surface area contributed by atoms with Crippen molar-refractivity contribution in [1.82, 2.24) is 9.88 Å². The number of aliphatic hydroxyl groups excluding tert-OH is 1. The van der Waals surface area contributed by atoms with Gasteiger partial charge in [-0.2, -0.15) is 0 Å². The van der Waals surface area contributed by atoms with Gasteiger partial charge in [0, 0.05) is 37.6 Å². The minimum atomic E-state index is 0.148. The van der Waals surface area contributed by atoms with E-state index < -0.39 is 0 Å². The molecule has 1 saturated heterocycles. The molecular weight excluding hydrogens is 238 g/mol. The molecule has 106 valence electrons. The van der Waals surface area contributed by atoms with E-state index in [9.17, 15) is 0 Å². The summed E-state index contributed by atoms with van der Waals surface area (Å²) in [4.78, 5) is 6.57. The molecule has 1 fully saturated rings. The summed E-state index contributed by atoms with van der Waals surface area (Å²) in [7, 11) is 0. The van der Waals surface area contributed by atoms with Gasteiger partial charge >= 0.3 is 0 Å². The van der Waals surface area contributed by atoms with E-state index in [-0.39, 0.29) is 18.7 Å². The predicted molar refractivity (Wildman–Crippen MR) is 76.6 cm³/mol. The summed E-state index contributed by atoms with van der Waals surface area (Å²) in [6.45, 7) is 4.55. The number of nitrogens with zero attached hydrogens (tertiary/aromatic N) is 2. The zero-order valence-electron chi connectivity index (χ0n) is 11.7. The van der Waals surface area contributed by atoms with Crippen LogP contribution in [0.1, 0.15) is 37.8 Å². The summed E-state index contributed by atoms with van der Waals surface area (Å²) in [5.74, 6) is 0.610. The van der Waals surface area contributed by atoms with E-state index in [2.05, 4.69) is 28.9 Å². The molecule has 2 heterocycles. The lowest BCUT2D eigenvalue weighted by Crippen LogP contribution is -2.39. The molecule has 3 atom stereocenters. The number of pyridine rings is 1. The molecule has 4 heteroatoms. The standard InChI is InChI=1S/C15H25N3O/c1-2-14(16)15(13-3-7-17-8-4-13)18-9-5-12(11-18)6-10-19/h3-4,7-8,12,14-15,19H,2,5-6,9-11,16H2,1H3. The third-order valence-corrected chi connectivity index (χ3v) is 4.17. The quantitative estimate of drug-likeness (QED) is 0.817. The van der Waals surface area contributed by atoms with Crippen molar-refractivity contribution in [3.8, 4) is 0 Å². The van der Waals surface area contributed by atoms with Gasteiger partial charge < -0.3 is 10.8 Å². The Kier molecular flexibility index (Phi) is 5.31. The molecule has 1 aliphatic heterocycles. The molecule has 1 aliphatic rings. The second kappa shape index (κ2) is 6.98. The van der Waals surface area contributed by atoms with Crippen molar-refractivity contribution in [1.29, 1.82) is 0 Å². The van der Waals surface area contributed by atoms with Crippen LogP contribution < -0.4 is 5.73 Å². The average molecular weight is 263 g/mol. The molecule has 3 N–H and O–H groups in total. The molecule has 3 unspecified atom stereocenters. The molecule has 0 aliphatic carbocycles. The Balaban J connectivity index is 2.11. The van der Waals surface area contributed by atoms with Crippen molar-refractivity contribution in [3.05, 3.63) is 30.1 Å². The fraction of sp³-hybridized carbons (Fsp3) is 0.667. The Bertz CT molecular complexity index is 371. The van der Waals surface area contributed by atoms with Gasteiger partial charge in [0.15, 0.2) is 0 Å². The van der Waals surface area contributed by atoms with Crippen LogP contribution in [0.5, 0.6) is 0 Å². The van der Waals surface area contributed by atoms with Crippen LogP contribution in [0.25, 0.3) is 0 Å². The van der Waals surface area contributed by atoms with E-state index >= 15 is 0 Å². The van der Waals surface area contributed by atoms with Gasteiger partial charge in [-0.3, -0.25) is 9.88 Å². The van der Waals surface area contributed by atoms with Crippen molar-refractivity contribution in [2.45, 2.75) is 38.3 Å². The summed E-state index contributed by atoms with van der Waals surface area (Å²) in [5, 5.41) is 9.07. The minimum absolute atomic E-state index is 0.148. The summed E-state index contributed by atoms with van der Waals surface area (Å²) < 4.78 is 0. The largest absolute Gasteiger partial charge is 0.396 e. The van der Waals surface area contributed by atoms with Crippen LogP contribution in [0.3, 0.4) is 0 Å². The molecule has 4 nitrogen and oxygen atoms in total. The summed E-state index contributed by atoms with van der Waals surface area (Å²) in [6.07, 6.45) is 6.71. The molecule has 1 aromatic rings. The Morgan fingerprint density at radius 1 is 1.47 bits per heavy atom. The molecule has 0 amide bonds. The molecule has 0 radical (unpaired) electrons. The number of aromatic nitrogens is 1. The smallest absolute Gasteiger partial charge is 0.0500 e. The highest BCUT2D eigenvalue weighted by Gasteiger charge is 2.31. The second-order valence-corrected chi connectivity index (χ2v) is 5.46. The number of hydrogen-bond acceptors (Lipinski definition) is 4. The molecule has 0 spiro atoms. The number of rotatable bonds is 6. The fourth-order valence-electron chi connectivity index (χ4n) is 3.05. The molecule has 2 rings (SSSR count). The van der Waals surface area contributed by atoms with Gasteiger partial charge in [-0.05, 0) is 49.4 Å². The molecule has 1 aromatic heterocycles. The normalized spacial score (nSPS) is 23.4. The SMILES string of the molecule is CCC(N)C(c1ccncc1)N1CCC(CCO)C1. The van der Waals surface area contributed by atoms with Gasteiger partial charge in [-0.15, -0.1) is 0 Å². The van der Waals surface area contributed by atoms with Gasteiger partial charge in [0.2, 0.25) is 0 Å². The molecule has 0 aromatic carbocycles. The topological polar surface area (TPSA) is 62.4 Å². The molecule has 0 saturated carbocycles. The van der Waals surface area contributed by atoms with Crippen molar-refractivity contribution in [2.24, 2.45) is 11.7 Å². The Hall–Kier alpha value is -0.970. The van der Waals surface area contributed by atoms with Crippen LogP contribution in [0, 0.1) is 5.92 Å². The maximum absolute atomic E-state index is 9.07. The van der Waals surface area contributed by atoms with Crippen molar-refractivity contribution in [2.75, 3.05) is 19.7 Å². The van der Waals surface area contributed by atoms with Crippen molar-refractivity contribution >= 4 is 0 Å². The molecule has 0 bridgehead atoms. The van der Waals surface area contributed by atoms with E-state index in [0.29, 0.717) is 5.92 Å². The van der Waals surface area contributed by atoms with Gasteiger partial charge in [-0.25, -0.2) is 0 Å². The van der Waals surface area contributed by atoms with Crippen LogP contribution in [0.4, 0.5) is 0 Å². The third kappa shape index (κ3) is 3.53. The Morgan fingerprint density at radius 2 is 2.21 bits per heavy atom. The van der Waals surface area contributed by atoms with Crippen LogP contribution in [0.15, 0.2) is 24.5 Å². The lowest BCUT2D eigenvalue weighted by atomic mass is 9.97. The van der Waals surface area contributed by atoms with Crippen LogP contribution in [0.2, 0.25) is 0 Å². The van der Waals surface area contributed by atoms with Crippen LogP contribution in [-0.2, 0) is 0 Å². The highest BCUT2D eigenvalue weighted by Crippen LogP contribution is 2.31. The number of likely N-dealkylation sites (tertiary alicyclic amines) is 1. The van der Waals surface area contributed by atoms with Gasteiger partial charge in [0.1, 0.15) is 0 Å². The fourth-order valence-corrected chi connectivity index (χ4v) is 3.05. The third-order valence-electron chi connectivity index (χ3n) is 4.17. The highest BCUT2D eigenvalue weighted by molar-refractivity contribution is 5.18. The van der Waals surface area contributed by atoms with Crippen molar-refractivity contribution in [3.63, 3.8) is 0 Å². The maximum atomic E-state index is 9.07. The van der Waals surface area contributed by atoms with Crippen molar-refractivity contribution < 1.29 is 5.11 Å². The Labute approximate surface area is 115 Å². The average Bonchev–Trinajstić information content (AvgIpc) is 2.89. The van der Waals surface area contributed by atoms with E-state index in [0.717, 1.165) is 25.9 Å². The predicted octanol–water partition coefficient (Wildman–Crippen LogP) is 1.56. The number of nitrogens with two attached hydrogens (primary N) is 1. The minimum Gasteiger partial charge on any atom is -0.396 e. The van der Waals surface area contributed by atoms with E-state index in [1.54, 1.807) is 0 Å². The van der Waals surface area contributed by atoms with Gasteiger partial charge in [-0.1, -0.05) is 6.92 Å². The lowest BCUT2D eigenvalue weighted by molar-refractivity contribution is 0.193. The lowest BCUT2D eigenvalue weighted by Gasteiger charge is -2.32. The zero-order chi connectivity index (χ0) is 13.7. The van der Waals surface area contributed by atoms with E-state index in [4.69, 9.17) is 10.8 Å². The van der Waals surface area contributed by atoms with Gasteiger partial charge in [0.05, 0.1) is 0 Å². The first kappa shape index (κ1) is 14.4. The van der Waals surface area contributed by atoms with Crippen LogP contribution >= 0.6 is 0 Å². The first-order chi connectivity index (χ1) is 9.26. The summed E-state index contributed by atoms with van der Waals surface area (Å²) in [5.41, 5.74) is 7.60. The number of aliphatic hydroxyl groups is 1. The highest BCUT2D eigenvalue weighted by atomic mass is 16.3. The molecular formula is C15H25N3O. The summed E-state index contributed by atoms with van der Waals surface area (Å²) >= 11 is 0. The zero-order valence-corrected chi connectivity index (χ0v) is 11.7. The molecule has 19 heavy (non-hydrogen) atoms. The van der Waals surface area contributed by atoms with E-state index in [1.165, 1.54) is 12.0 Å². The van der Waals surface area contributed by atoms with Gasteiger partial charge in [0.25, 0.3) is 0 Å². The maximum Gasteiger partial charge on any atom is 0.0500 e. The second-order valence-electron chi connectivity index (χ2n) is 5.46. The van der Waals surface area contributed by atoms with Crippen LogP contribution in [-0.4, -0.2) is 40.7 Å². The Morgan fingerprint density at radius 3 is 2.84 bits per heavy atom. The van der Waals surface area contributed by atoms with E-state index in [1.807, 2.05) is 12.4 Å².